The zero-order valence-corrected chi connectivity index (χ0v) is 11.2. The van der Waals surface area contributed by atoms with Crippen LogP contribution in [0.4, 0.5) is 10.5 Å². The third-order valence-electron chi connectivity index (χ3n) is 2.32. The molecular weight excluding hydrogens is 236 g/mol. The van der Waals surface area contributed by atoms with Crippen LogP contribution in [0.5, 0.6) is 0 Å². The van der Waals surface area contributed by atoms with E-state index in [1.54, 1.807) is 0 Å². The minimum atomic E-state index is -0.579. The van der Waals surface area contributed by atoms with Crippen molar-refractivity contribution in [2.24, 2.45) is 0 Å². The number of anilines is 1. The lowest BCUT2D eigenvalue weighted by Gasteiger charge is -2.14. The molecule has 0 radical (unpaired) electrons. The molecule has 0 bridgehead atoms. The summed E-state index contributed by atoms with van der Waals surface area (Å²) in [6.45, 7) is 6.01. The molecule has 0 fully saturated rings. The van der Waals surface area contributed by atoms with Gasteiger partial charge in [-0.3, -0.25) is 5.32 Å². The molecule has 5 heteroatoms. The summed E-state index contributed by atoms with van der Waals surface area (Å²) >= 11 is 5.01. The van der Waals surface area contributed by atoms with Crippen molar-refractivity contribution in [1.29, 1.82) is 0 Å². The van der Waals surface area contributed by atoms with Crippen molar-refractivity contribution in [2.45, 2.75) is 20.8 Å². The fourth-order valence-electron chi connectivity index (χ4n) is 1.67. The average molecular weight is 252 g/mol. The topological polar surface area (TPSA) is 50.4 Å². The molecule has 1 rings (SSSR count). The fourth-order valence-corrected chi connectivity index (χ4v) is 1.85. The van der Waals surface area contributed by atoms with E-state index < -0.39 is 6.09 Å². The van der Waals surface area contributed by atoms with Crippen molar-refractivity contribution >= 4 is 29.1 Å². The van der Waals surface area contributed by atoms with Crippen LogP contribution in [0.25, 0.3) is 0 Å². The minimum Gasteiger partial charge on any atom is -0.453 e. The Hall–Kier alpha value is -1.62. The molecule has 1 aromatic carbocycles. The second kappa shape index (κ2) is 5.63. The van der Waals surface area contributed by atoms with Crippen LogP contribution in [0.15, 0.2) is 12.1 Å². The number of methoxy groups -OCH3 is 1. The number of nitrogens with one attached hydrogen (secondary N) is 2. The normalized spacial score (nSPS) is 9.65. The Balaban J connectivity index is 2.82. The van der Waals surface area contributed by atoms with Gasteiger partial charge in [-0.2, -0.15) is 0 Å². The molecule has 0 aromatic heterocycles. The Morgan fingerprint density at radius 3 is 2.24 bits per heavy atom. The van der Waals surface area contributed by atoms with E-state index in [1.807, 2.05) is 20.8 Å². The van der Waals surface area contributed by atoms with Crippen LogP contribution < -0.4 is 10.6 Å². The zero-order valence-electron chi connectivity index (χ0n) is 10.4. The maximum Gasteiger partial charge on any atom is 0.413 e. The predicted octanol–water partition coefficient (Wildman–Crippen LogP) is 2.66. The lowest BCUT2D eigenvalue weighted by atomic mass is 10.1. The Bertz CT molecular complexity index is 435. The maximum atomic E-state index is 11.0. The third kappa shape index (κ3) is 3.71. The summed E-state index contributed by atoms with van der Waals surface area (Å²) in [5.41, 5.74) is 4.27. The summed E-state index contributed by atoms with van der Waals surface area (Å²) < 4.78 is 4.46. The molecular formula is C12H16N2O2S. The van der Waals surface area contributed by atoms with Crippen molar-refractivity contribution in [3.05, 3.63) is 28.8 Å². The molecule has 4 nitrogen and oxygen atoms in total. The van der Waals surface area contributed by atoms with Crippen molar-refractivity contribution < 1.29 is 9.53 Å². The molecule has 92 valence electrons. The van der Waals surface area contributed by atoms with Crippen LogP contribution in [-0.2, 0) is 4.74 Å². The highest BCUT2D eigenvalue weighted by Crippen LogP contribution is 2.21. The molecule has 0 saturated heterocycles. The fraction of sp³-hybridized carbons (Fsp3) is 0.333. The minimum absolute atomic E-state index is 0.229. The SMILES string of the molecule is COC(=O)NC(=S)Nc1c(C)cc(C)cc1C. The monoisotopic (exact) mass is 252 g/mol. The molecule has 0 heterocycles. The van der Waals surface area contributed by atoms with Gasteiger partial charge in [-0.25, -0.2) is 4.79 Å². The summed E-state index contributed by atoms with van der Waals surface area (Å²) in [4.78, 5) is 11.0. The number of ether oxygens (including phenoxy) is 1. The molecule has 1 aromatic rings. The first kappa shape index (κ1) is 13.4. The standard InChI is InChI=1S/C12H16N2O2S/c1-7-5-8(2)10(9(3)6-7)13-11(17)14-12(15)16-4/h5-6H,1-4H3,(H2,13,14,15,17). The first-order chi connectivity index (χ1) is 7.93. The van der Waals surface area contributed by atoms with E-state index in [9.17, 15) is 4.79 Å². The second-order valence-corrected chi connectivity index (χ2v) is 4.25. The molecule has 0 spiro atoms. The Morgan fingerprint density at radius 1 is 1.24 bits per heavy atom. The van der Waals surface area contributed by atoms with Gasteiger partial charge in [0, 0.05) is 5.69 Å². The van der Waals surface area contributed by atoms with E-state index in [0.717, 1.165) is 16.8 Å². The predicted molar refractivity (Wildman–Crippen MR) is 72.4 cm³/mol. The average Bonchev–Trinajstić information content (AvgIpc) is 2.23. The van der Waals surface area contributed by atoms with Crippen LogP contribution in [0.1, 0.15) is 16.7 Å². The van der Waals surface area contributed by atoms with Gasteiger partial charge in [-0.1, -0.05) is 17.7 Å². The van der Waals surface area contributed by atoms with Crippen LogP contribution in [0, 0.1) is 20.8 Å². The number of hydrogen-bond donors (Lipinski definition) is 2. The number of rotatable bonds is 1. The number of carbonyl (C=O) groups is 1. The van der Waals surface area contributed by atoms with Gasteiger partial charge in [-0.05, 0) is 44.1 Å². The van der Waals surface area contributed by atoms with Crippen molar-refractivity contribution in [1.82, 2.24) is 5.32 Å². The highest BCUT2D eigenvalue weighted by Gasteiger charge is 2.08. The van der Waals surface area contributed by atoms with Gasteiger partial charge in [0.05, 0.1) is 7.11 Å². The van der Waals surface area contributed by atoms with Gasteiger partial charge in [-0.15, -0.1) is 0 Å². The first-order valence-electron chi connectivity index (χ1n) is 5.18. The van der Waals surface area contributed by atoms with Crippen molar-refractivity contribution in [3.63, 3.8) is 0 Å². The largest absolute Gasteiger partial charge is 0.453 e. The summed E-state index contributed by atoms with van der Waals surface area (Å²) in [5.74, 6) is 0. The smallest absolute Gasteiger partial charge is 0.413 e. The van der Waals surface area contributed by atoms with Gasteiger partial charge >= 0.3 is 6.09 Å². The molecule has 0 aliphatic heterocycles. The Labute approximate surface area is 106 Å². The third-order valence-corrected chi connectivity index (χ3v) is 2.52. The molecule has 2 N–H and O–H groups in total. The zero-order chi connectivity index (χ0) is 13.0. The number of aryl methyl sites for hydroxylation is 3. The van der Waals surface area contributed by atoms with Gasteiger partial charge < -0.3 is 10.1 Å². The summed E-state index contributed by atoms with van der Waals surface area (Å²) in [5, 5.41) is 5.63. The van der Waals surface area contributed by atoms with E-state index >= 15 is 0 Å². The molecule has 1 amide bonds. The number of hydrogen-bond acceptors (Lipinski definition) is 3. The quantitative estimate of drug-likeness (QED) is 0.754. The van der Waals surface area contributed by atoms with Crippen LogP contribution >= 0.6 is 12.2 Å². The molecule has 0 aliphatic carbocycles. The van der Waals surface area contributed by atoms with Gasteiger partial charge in [0.25, 0.3) is 0 Å². The maximum absolute atomic E-state index is 11.0. The van der Waals surface area contributed by atoms with Crippen LogP contribution in [0.2, 0.25) is 0 Å². The van der Waals surface area contributed by atoms with E-state index in [4.69, 9.17) is 12.2 Å². The Kier molecular flexibility index (Phi) is 4.45. The summed E-state index contributed by atoms with van der Waals surface area (Å²) in [6.07, 6.45) is -0.579. The summed E-state index contributed by atoms with van der Waals surface area (Å²) in [7, 11) is 1.29. The highest BCUT2D eigenvalue weighted by atomic mass is 32.1. The van der Waals surface area contributed by atoms with E-state index in [0.29, 0.717) is 0 Å². The second-order valence-electron chi connectivity index (χ2n) is 3.84. The highest BCUT2D eigenvalue weighted by molar-refractivity contribution is 7.80. The lowest BCUT2D eigenvalue weighted by molar-refractivity contribution is 0.177. The first-order valence-corrected chi connectivity index (χ1v) is 5.58. The van der Waals surface area contributed by atoms with Crippen molar-refractivity contribution in [3.8, 4) is 0 Å². The van der Waals surface area contributed by atoms with Gasteiger partial charge in [0.15, 0.2) is 5.11 Å². The summed E-state index contributed by atoms with van der Waals surface area (Å²) in [6, 6.07) is 4.10. The number of carbonyl (C=O) groups excluding carboxylic acids is 1. The molecule has 0 aliphatic rings. The van der Waals surface area contributed by atoms with Crippen molar-refractivity contribution in [2.75, 3.05) is 12.4 Å². The van der Waals surface area contributed by atoms with Crippen LogP contribution in [-0.4, -0.2) is 18.3 Å². The van der Waals surface area contributed by atoms with Gasteiger partial charge in [0.1, 0.15) is 0 Å². The Morgan fingerprint density at radius 2 is 1.76 bits per heavy atom. The van der Waals surface area contributed by atoms with E-state index in [-0.39, 0.29) is 5.11 Å². The molecule has 0 unspecified atom stereocenters. The number of amides is 1. The lowest BCUT2D eigenvalue weighted by Crippen LogP contribution is -2.34. The molecule has 0 atom stereocenters. The number of thiocarbonyl (C=S) groups is 1. The van der Waals surface area contributed by atoms with E-state index in [1.165, 1.54) is 12.7 Å². The van der Waals surface area contributed by atoms with Crippen LogP contribution in [0.3, 0.4) is 0 Å². The number of benzene rings is 1. The number of alkyl carbamates (subject to hydrolysis) is 1. The van der Waals surface area contributed by atoms with Gasteiger partial charge in [0.2, 0.25) is 0 Å². The van der Waals surface area contributed by atoms with E-state index in [2.05, 4.69) is 27.5 Å². The molecule has 17 heavy (non-hydrogen) atoms. The molecule has 0 saturated carbocycles.